The maximum Gasteiger partial charge on any atom is 0.260 e. The van der Waals surface area contributed by atoms with Crippen LogP contribution in [0.2, 0.25) is 0 Å². The minimum atomic E-state index is -0.354. The monoisotopic (exact) mass is 281 g/mol. The van der Waals surface area contributed by atoms with E-state index in [0.717, 1.165) is 5.56 Å². The van der Waals surface area contributed by atoms with E-state index in [-0.39, 0.29) is 17.4 Å². The number of pyridine rings is 1. The number of hydrogen-bond acceptors (Lipinski definition) is 2. The number of nitrogens with zero attached hydrogens (tertiary/aromatic N) is 3. The average molecular weight is 281 g/mol. The molecule has 21 heavy (non-hydrogen) atoms. The molecule has 0 aliphatic carbocycles. The SMILES string of the molecule is Cc1ccn2c(N3Cc4ccccc4C3=O)cnc2c1F. The topological polar surface area (TPSA) is 37.6 Å². The minimum absolute atomic E-state index is 0.0756. The summed E-state index contributed by atoms with van der Waals surface area (Å²) in [4.78, 5) is 18.2. The highest BCUT2D eigenvalue weighted by molar-refractivity contribution is 6.09. The van der Waals surface area contributed by atoms with Crippen LogP contribution in [0.3, 0.4) is 0 Å². The Labute approximate surface area is 120 Å². The molecule has 0 spiro atoms. The highest BCUT2D eigenvalue weighted by Crippen LogP contribution is 2.29. The van der Waals surface area contributed by atoms with Crippen LogP contribution in [0.25, 0.3) is 5.65 Å². The number of rotatable bonds is 1. The number of halogens is 1. The summed E-state index contributed by atoms with van der Waals surface area (Å²) in [6.07, 6.45) is 3.29. The van der Waals surface area contributed by atoms with Crippen LogP contribution in [-0.2, 0) is 6.54 Å². The van der Waals surface area contributed by atoms with E-state index < -0.39 is 0 Å². The van der Waals surface area contributed by atoms with Gasteiger partial charge >= 0.3 is 0 Å². The molecule has 5 heteroatoms. The van der Waals surface area contributed by atoms with E-state index >= 15 is 0 Å². The number of fused-ring (bicyclic) bond motifs is 2. The molecule has 0 saturated carbocycles. The number of imidazole rings is 1. The van der Waals surface area contributed by atoms with Crippen LogP contribution < -0.4 is 4.90 Å². The van der Waals surface area contributed by atoms with Crippen molar-refractivity contribution in [3.8, 4) is 0 Å². The molecule has 1 amide bonds. The zero-order valence-electron chi connectivity index (χ0n) is 11.4. The number of hydrogen-bond donors (Lipinski definition) is 0. The van der Waals surface area contributed by atoms with Gasteiger partial charge in [0.2, 0.25) is 0 Å². The average Bonchev–Trinajstić information content (AvgIpc) is 3.05. The molecule has 3 aromatic rings. The molecule has 0 unspecified atom stereocenters. The predicted molar refractivity (Wildman–Crippen MR) is 76.8 cm³/mol. The number of benzene rings is 1. The Morgan fingerprint density at radius 2 is 2.05 bits per heavy atom. The fourth-order valence-corrected chi connectivity index (χ4v) is 2.74. The molecule has 0 saturated heterocycles. The summed E-state index contributed by atoms with van der Waals surface area (Å²) < 4.78 is 15.7. The molecule has 3 heterocycles. The summed E-state index contributed by atoms with van der Waals surface area (Å²) in [5.74, 6) is 0.159. The zero-order chi connectivity index (χ0) is 14.6. The quantitative estimate of drug-likeness (QED) is 0.687. The van der Waals surface area contributed by atoms with Gasteiger partial charge in [-0.25, -0.2) is 9.37 Å². The highest BCUT2D eigenvalue weighted by Gasteiger charge is 2.30. The molecule has 1 aromatic carbocycles. The van der Waals surface area contributed by atoms with Crippen molar-refractivity contribution in [3.63, 3.8) is 0 Å². The molecule has 1 aliphatic rings. The molecule has 0 radical (unpaired) electrons. The van der Waals surface area contributed by atoms with E-state index in [2.05, 4.69) is 4.98 Å². The van der Waals surface area contributed by atoms with Gasteiger partial charge in [-0.15, -0.1) is 0 Å². The van der Waals surface area contributed by atoms with Gasteiger partial charge in [0.15, 0.2) is 11.5 Å². The van der Waals surface area contributed by atoms with Gasteiger partial charge in [0.25, 0.3) is 5.91 Å². The molecule has 1 aliphatic heterocycles. The first-order chi connectivity index (χ1) is 10.2. The second-order valence-electron chi connectivity index (χ2n) is 5.17. The lowest BCUT2D eigenvalue weighted by atomic mass is 10.1. The summed E-state index contributed by atoms with van der Waals surface area (Å²) in [5, 5.41) is 0. The lowest BCUT2D eigenvalue weighted by Crippen LogP contribution is -2.24. The van der Waals surface area contributed by atoms with E-state index in [0.29, 0.717) is 23.5 Å². The number of carbonyl (C=O) groups is 1. The summed E-state index contributed by atoms with van der Waals surface area (Å²) in [6, 6.07) is 9.18. The van der Waals surface area contributed by atoms with Gasteiger partial charge < -0.3 is 0 Å². The van der Waals surface area contributed by atoms with E-state index in [4.69, 9.17) is 0 Å². The van der Waals surface area contributed by atoms with Crippen LogP contribution in [-0.4, -0.2) is 15.3 Å². The zero-order valence-corrected chi connectivity index (χ0v) is 11.4. The molecule has 0 atom stereocenters. The van der Waals surface area contributed by atoms with Crippen molar-refractivity contribution in [1.29, 1.82) is 0 Å². The fraction of sp³-hybridized carbons (Fsp3) is 0.125. The Balaban J connectivity index is 1.86. The summed E-state index contributed by atoms with van der Waals surface area (Å²) >= 11 is 0. The molecule has 4 rings (SSSR count). The van der Waals surface area contributed by atoms with Gasteiger partial charge in [-0.1, -0.05) is 18.2 Å². The van der Waals surface area contributed by atoms with Crippen LogP contribution in [0.1, 0.15) is 21.5 Å². The van der Waals surface area contributed by atoms with Crippen LogP contribution >= 0.6 is 0 Å². The number of anilines is 1. The van der Waals surface area contributed by atoms with E-state index in [1.807, 2.05) is 24.3 Å². The lowest BCUT2D eigenvalue weighted by Gasteiger charge is -2.14. The normalized spacial score (nSPS) is 14.0. The molecular formula is C16H12FN3O. The second kappa shape index (κ2) is 4.15. The first kappa shape index (κ1) is 12.1. The van der Waals surface area contributed by atoms with Crippen LogP contribution in [0, 0.1) is 12.7 Å². The summed E-state index contributed by atoms with van der Waals surface area (Å²) in [6.45, 7) is 2.18. The van der Waals surface area contributed by atoms with Crippen LogP contribution in [0.5, 0.6) is 0 Å². The van der Waals surface area contributed by atoms with Gasteiger partial charge in [-0.3, -0.25) is 14.1 Å². The predicted octanol–water partition coefficient (Wildman–Crippen LogP) is 2.94. The third-order valence-corrected chi connectivity index (χ3v) is 3.89. The van der Waals surface area contributed by atoms with E-state index in [9.17, 15) is 9.18 Å². The Hall–Kier alpha value is -2.69. The van der Waals surface area contributed by atoms with Crippen molar-refractivity contribution in [3.05, 3.63) is 65.2 Å². The van der Waals surface area contributed by atoms with Crippen LogP contribution in [0.4, 0.5) is 10.2 Å². The number of amides is 1. The highest BCUT2D eigenvalue weighted by atomic mass is 19.1. The van der Waals surface area contributed by atoms with Gasteiger partial charge in [0, 0.05) is 11.8 Å². The third kappa shape index (κ3) is 1.60. The lowest BCUT2D eigenvalue weighted by molar-refractivity contribution is 0.0995. The first-order valence-electron chi connectivity index (χ1n) is 6.69. The Bertz CT molecular complexity index is 884. The molecular weight excluding hydrogens is 269 g/mol. The van der Waals surface area contributed by atoms with Gasteiger partial charge in [0.05, 0.1) is 12.7 Å². The molecule has 2 aromatic heterocycles. The summed E-state index contributed by atoms with van der Waals surface area (Å²) in [7, 11) is 0. The minimum Gasteiger partial charge on any atom is -0.288 e. The molecule has 0 bridgehead atoms. The summed E-state index contributed by atoms with van der Waals surface area (Å²) in [5.41, 5.74) is 2.45. The van der Waals surface area contributed by atoms with Crippen molar-refractivity contribution in [2.75, 3.05) is 4.90 Å². The van der Waals surface area contributed by atoms with Crippen LogP contribution in [0.15, 0.2) is 42.7 Å². The first-order valence-corrected chi connectivity index (χ1v) is 6.69. The molecule has 0 fully saturated rings. The van der Waals surface area contributed by atoms with Gasteiger partial charge in [0.1, 0.15) is 5.82 Å². The fourth-order valence-electron chi connectivity index (χ4n) is 2.74. The van der Waals surface area contributed by atoms with Crippen molar-refractivity contribution in [2.24, 2.45) is 0 Å². The number of aryl methyl sites for hydroxylation is 1. The van der Waals surface area contributed by atoms with Gasteiger partial charge in [-0.05, 0) is 30.2 Å². The van der Waals surface area contributed by atoms with E-state index in [1.54, 1.807) is 34.7 Å². The smallest absolute Gasteiger partial charge is 0.260 e. The van der Waals surface area contributed by atoms with Crippen molar-refractivity contribution >= 4 is 17.4 Å². The Kier molecular flexibility index (Phi) is 2.39. The molecule has 104 valence electrons. The van der Waals surface area contributed by atoms with E-state index in [1.165, 1.54) is 0 Å². The standard InChI is InChI=1S/C16H12FN3O/c1-10-6-7-19-13(8-18-15(19)14(10)17)20-9-11-4-2-3-5-12(11)16(20)21/h2-8H,9H2,1H3. The Morgan fingerprint density at radius 3 is 2.86 bits per heavy atom. The maximum atomic E-state index is 14.1. The second-order valence-corrected chi connectivity index (χ2v) is 5.17. The molecule has 0 N–H and O–H groups in total. The number of aromatic nitrogens is 2. The Morgan fingerprint density at radius 1 is 1.24 bits per heavy atom. The molecule has 4 nitrogen and oxygen atoms in total. The van der Waals surface area contributed by atoms with Crippen molar-refractivity contribution in [1.82, 2.24) is 9.38 Å². The van der Waals surface area contributed by atoms with Crippen molar-refractivity contribution < 1.29 is 9.18 Å². The number of carbonyl (C=O) groups excluding carboxylic acids is 1. The van der Waals surface area contributed by atoms with Crippen molar-refractivity contribution in [2.45, 2.75) is 13.5 Å². The maximum absolute atomic E-state index is 14.1. The largest absolute Gasteiger partial charge is 0.288 e. The van der Waals surface area contributed by atoms with Gasteiger partial charge in [-0.2, -0.15) is 0 Å². The third-order valence-electron chi connectivity index (χ3n) is 3.89.